The summed E-state index contributed by atoms with van der Waals surface area (Å²) in [6, 6.07) is 3.61. The van der Waals surface area contributed by atoms with E-state index < -0.39 is 11.6 Å². The summed E-state index contributed by atoms with van der Waals surface area (Å²) in [7, 11) is 0. The summed E-state index contributed by atoms with van der Waals surface area (Å²) >= 11 is 3.31. The van der Waals surface area contributed by atoms with E-state index in [2.05, 4.69) is 25.9 Å². The highest BCUT2D eigenvalue weighted by atomic mass is 79.9. The maximum atomic E-state index is 13.1. The van der Waals surface area contributed by atoms with Crippen LogP contribution in [0.2, 0.25) is 0 Å². The molecule has 0 spiro atoms. The van der Waals surface area contributed by atoms with Crippen molar-refractivity contribution < 1.29 is 8.78 Å². The summed E-state index contributed by atoms with van der Waals surface area (Å²) in [5, 5.41) is 0. The van der Waals surface area contributed by atoms with Crippen molar-refractivity contribution in [2.24, 2.45) is 0 Å². The van der Waals surface area contributed by atoms with Gasteiger partial charge in [0.1, 0.15) is 4.60 Å². The van der Waals surface area contributed by atoms with Gasteiger partial charge in [0.25, 0.3) is 0 Å². The molecule has 5 heteroatoms. The molecule has 0 radical (unpaired) electrons. The van der Waals surface area contributed by atoms with Gasteiger partial charge in [-0.3, -0.25) is 0 Å². The molecule has 2 aromatic rings. The van der Waals surface area contributed by atoms with Crippen LogP contribution in [0.25, 0.3) is 11.4 Å². The number of aromatic nitrogens is 2. The third-order valence-corrected chi connectivity index (χ3v) is 3.28. The molecule has 1 heterocycles. The van der Waals surface area contributed by atoms with Gasteiger partial charge in [0, 0.05) is 16.8 Å². The second-order valence-electron chi connectivity index (χ2n) is 3.68. The van der Waals surface area contributed by atoms with Gasteiger partial charge in [-0.1, -0.05) is 0 Å². The van der Waals surface area contributed by atoms with E-state index in [9.17, 15) is 8.78 Å². The Morgan fingerprint density at radius 3 is 2.35 bits per heavy atom. The fraction of sp³-hybridized carbons (Fsp3) is 0.167. The van der Waals surface area contributed by atoms with Crippen LogP contribution < -0.4 is 0 Å². The zero-order chi connectivity index (χ0) is 12.6. The third-order valence-electron chi connectivity index (χ3n) is 2.51. The molecule has 1 aromatic heterocycles. The zero-order valence-corrected chi connectivity index (χ0v) is 10.8. The van der Waals surface area contributed by atoms with E-state index in [-0.39, 0.29) is 0 Å². The van der Waals surface area contributed by atoms with Gasteiger partial charge in [-0.25, -0.2) is 18.7 Å². The van der Waals surface area contributed by atoms with Crippen LogP contribution in [-0.2, 0) is 0 Å². The molecular formula is C12H9BrF2N2. The van der Waals surface area contributed by atoms with Crippen molar-refractivity contribution in [1.29, 1.82) is 0 Å². The van der Waals surface area contributed by atoms with Gasteiger partial charge >= 0.3 is 0 Å². The number of nitrogens with zero attached hydrogens (tertiary/aromatic N) is 2. The molecule has 0 saturated carbocycles. The van der Waals surface area contributed by atoms with Gasteiger partial charge < -0.3 is 0 Å². The molecule has 0 atom stereocenters. The fourth-order valence-electron chi connectivity index (χ4n) is 1.36. The topological polar surface area (TPSA) is 25.8 Å². The van der Waals surface area contributed by atoms with Crippen molar-refractivity contribution in [1.82, 2.24) is 9.97 Å². The molecule has 0 bridgehead atoms. The van der Waals surface area contributed by atoms with Crippen molar-refractivity contribution in [2.45, 2.75) is 13.8 Å². The standard InChI is InChI=1S/C12H9BrF2N2/c1-6-7(2)16-12(17-11(6)13)8-3-4-9(14)10(15)5-8/h3-5H,1-2H3. The monoisotopic (exact) mass is 298 g/mol. The Bertz CT molecular complexity index is 562. The van der Waals surface area contributed by atoms with Crippen LogP contribution in [0.5, 0.6) is 0 Å². The van der Waals surface area contributed by atoms with Crippen molar-refractivity contribution in [3.8, 4) is 11.4 Å². The van der Waals surface area contributed by atoms with Gasteiger partial charge in [0.2, 0.25) is 0 Å². The first kappa shape index (κ1) is 12.1. The smallest absolute Gasteiger partial charge is 0.160 e. The molecule has 1 aromatic carbocycles. The molecule has 0 aliphatic rings. The molecular weight excluding hydrogens is 290 g/mol. The second-order valence-corrected chi connectivity index (χ2v) is 4.43. The van der Waals surface area contributed by atoms with Crippen molar-refractivity contribution in [2.75, 3.05) is 0 Å². The normalized spacial score (nSPS) is 10.6. The maximum Gasteiger partial charge on any atom is 0.160 e. The van der Waals surface area contributed by atoms with Gasteiger partial charge in [-0.15, -0.1) is 0 Å². The molecule has 88 valence electrons. The molecule has 0 fully saturated rings. The number of aryl methyl sites for hydroxylation is 1. The number of hydrogen-bond donors (Lipinski definition) is 0. The maximum absolute atomic E-state index is 13.1. The minimum absolute atomic E-state index is 0.374. The SMILES string of the molecule is Cc1nc(-c2ccc(F)c(F)c2)nc(Br)c1C. The molecule has 0 amide bonds. The lowest BCUT2D eigenvalue weighted by atomic mass is 10.2. The minimum atomic E-state index is -0.902. The molecule has 2 nitrogen and oxygen atoms in total. The molecule has 0 aliphatic heterocycles. The van der Waals surface area contributed by atoms with E-state index in [1.165, 1.54) is 6.07 Å². The summed E-state index contributed by atoms with van der Waals surface area (Å²) in [5.41, 5.74) is 2.18. The van der Waals surface area contributed by atoms with Crippen LogP contribution in [-0.4, -0.2) is 9.97 Å². The summed E-state index contributed by atoms with van der Waals surface area (Å²) in [6.45, 7) is 3.72. The molecule has 0 saturated heterocycles. The second kappa shape index (κ2) is 4.49. The fourth-order valence-corrected chi connectivity index (χ4v) is 1.81. The Labute approximate surface area is 106 Å². The highest BCUT2D eigenvalue weighted by Gasteiger charge is 2.10. The number of hydrogen-bond acceptors (Lipinski definition) is 2. The average molecular weight is 299 g/mol. The van der Waals surface area contributed by atoms with E-state index in [1.54, 1.807) is 0 Å². The molecule has 17 heavy (non-hydrogen) atoms. The van der Waals surface area contributed by atoms with Crippen LogP contribution >= 0.6 is 15.9 Å². The zero-order valence-electron chi connectivity index (χ0n) is 9.26. The highest BCUT2D eigenvalue weighted by Crippen LogP contribution is 2.23. The van der Waals surface area contributed by atoms with E-state index in [0.717, 1.165) is 23.4 Å². The lowest BCUT2D eigenvalue weighted by molar-refractivity contribution is 0.509. The minimum Gasteiger partial charge on any atom is -0.233 e. The molecule has 0 unspecified atom stereocenters. The van der Waals surface area contributed by atoms with Crippen molar-refractivity contribution in [3.05, 3.63) is 45.7 Å². The van der Waals surface area contributed by atoms with Gasteiger partial charge in [-0.05, 0) is 48.0 Å². The Morgan fingerprint density at radius 1 is 1.06 bits per heavy atom. The first-order valence-electron chi connectivity index (χ1n) is 4.95. The lowest BCUT2D eigenvalue weighted by Gasteiger charge is -2.06. The Kier molecular flexibility index (Phi) is 3.19. The number of halogens is 3. The highest BCUT2D eigenvalue weighted by molar-refractivity contribution is 9.10. The Balaban J connectivity index is 2.57. The number of benzene rings is 1. The van der Waals surface area contributed by atoms with Crippen LogP contribution in [0.3, 0.4) is 0 Å². The summed E-state index contributed by atoms with van der Waals surface area (Å²) in [6.07, 6.45) is 0. The van der Waals surface area contributed by atoms with E-state index in [0.29, 0.717) is 16.0 Å². The summed E-state index contributed by atoms with van der Waals surface area (Å²) < 4.78 is 26.6. The van der Waals surface area contributed by atoms with Crippen LogP contribution in [0.1, 0.15) is 11.3 Å². The van der Waals surface area contributed by atoms with Gasteiger partial charge in [0.05, 0.1) is 0 Å². The van der Waals surface area contributed by atoms with Crippen LogP contribution in [0.4, 0.5) is 8.78 Å². The quantitative estimate of drug-likeness (QED) is 0.748. The first-order chi connectivity index (χ1) is 7.99. The first-order valence-corrected chi connectivity index (χ1v) is 5.74. The van der Waals surface area contributed by atoms with Crippen LogP contribution in [0.15, 0.2) is 22.8 Å². The molecule has 0 aliphatic carbocycles. The Morgan fingerprint density at radius 2 is 1.76 bits per heavy atom. The molecule has 2 rings (SSSR count). The van der Waals surface area contributed by atoms with E-state index in [1.807, 2.05) is 13.8 Å². The largest absolute Gasteiger partial charge is 0.233 e. The summed E-state index contributed by atoms with van der Waals surface area (Å²) in [4.78, 5) is 8.44. The van der Waals surface area contributed by atoms with Crippen molar-refractivity contribution >= 4 is 15.9 Å². The molecule has 0 N–H and O–H groups in total. The van der Waals surface area contributed by atoms with Crippen LogP contribution in [0, 0.1) is 25.5 Å². The van der Waals surface area contributed by atoms with Gasteiger partial charge in [-0.2, -0.15) is 0 Å². The predicted molar refractivity (Wildman–Crippen MR) is 64.6 cm³/mol. The lowest BCUT2D eigenvalue weighted by Crippen LogP contribution is -1.97. The summed E-state index contributed by atoms with van der Waals surface area (Å²) in [5.74, 6) is -1.41. The van der Waals surface area contributed by atoms with Gasteiger partial charge in [0.15, 0.2) is 17.5 Å². The number of rotatable bonds is 1. The van der Waals surface area contributed by atoms with E-state index >= 15 is 0 Å². The van der Waals surface area contributed by atoms with Crippen molar-refractivity contribution in [3.63, 3.8) is 0 Å². The Hall–Kier alpha value is -1.36. The third kappa shape index (κ3) is 2.34. The van der Waals surface area contributed by atoms with E-state index in [4.69, 9.17) is 0 Å². The average Bonchev–Trinajstić information content (AvgIpc) is 2.29. The predicted octanol–water partition coefficient (Wildman–Crippen LogP) is 3.80.